The SMILES string of the molecule is Cc1cc(-c2c(-c3ccc(F)cn3)nn3c2O[C@H](C)CC3)c2cn[nH]c2n1. The Morgan fingerprint density at radius 1 is 1.30 bits per heavy atom. The number of nitrogens with one attached hydrogen (secondary N) is 1. The molecule has 0 aromatic carbocycles. The van der Waals surface area contributed by atoms with Crippen LogP contribution in [0.5, 0.6) is 5.88 Å². The summed E-state index contributed by atoms with van der Waals surface area (Å²) in [5.41, 5.74) is 4.55. The van der Waals surface area contributed by atoms with E-state index in [-0.39, 0.29) is 11.9 Å². The number of fused-ring (bicyclic) bond motifs is 2. The maximum absolute atomic E-state index is 13.4. The highest BCUT2D eigenvalue weighted by atomic mass is 19.1. The van der Waals surface area contributed by atoms with Gasteiger partial charge in [0, 0.05) is 29.6 Å². The lowest BCUT2D eigenvalue weighted by Gasteiger charge is -2.22. The number of rotatable bonds is 2. The molecule has 1 aliphatic heterocycles. The third kappa shape index (κ3) is 2.56. The fourth-order valence-electron chi connectivity index (χ4n) is 3.47. The summed E-state index contributed by atoms with van der Waals surface area (Å²) in [6.45, 7) is 4.73. The molecule has 1 aliphatic rings. The van der Waals surface area contributed by atoms with E-state index in [1.807, 2.05) is 24.6 Å². The molecule has 0 fully saturated rings. The molecule has 0 aliphatic carbocycles. The van der Waals surface area contributed by atoms with Crippen LogP contribution in [0.25, 0.3) is 33.5 Å². The van der Waals surface area contributed by atoms with Crippen molar-refractivity contribution in [3.8, 4) is 28.4 Å². The van der Waals surface area contributed by atoms with Gasteiger partial charge in [-0.1, -0.05) is 0 Å². The molecular weight excluding hydrogens is 347 g/mol. The number of H-pyrrole nitrogens is 1. The smallest absolute Gasteiger partial charge is 0.220 e. The van der Waals surface area contributed by atoms with Crippen LogP contribution in [0.2, 0.25) is 0 Å². The largest absolute Gasteiger partial charge is 0.474 e. The molecule has 0 radical (unpaired) electrons. The van der Waals surface area contributed by atoms with Crippen LogP contribution < -0.4 is 4.74 Å². The Labute approximate surface area is 154 Å². The minimum absolute atomic E-state index is 0.0877. The van der Waals surface area contributed by atoms with Gasteiger partial charge in [-0.2, -0.15) is 10.2 Å². The second kappa shape index (κ2) is 5.87. The number of aryl methyl sites for hydroxylation is 2. The van der Waals surface area contributed by atoms with Gasteiger partial charge in [0.15, 0.2) is 5.65 Å². The van der Waals surface area contributed by atoms with Crippen molar-refractivity contribution in [1.82, 2.24) is 29.9 Å². The van der Waals surface area contributed by atoms with Crippen molar-refractivity contribution < 1.29 is 9.13 Å². The second-order valence-electron chi connectivity index (χ2n) is 6.77. The van der Waals surface area contributed by atoms with E-state index in [9.17, 15) is 4.39 Å². The molecule has 4 aromatic rings. The van der Waals surface area contributed by atoms with E-state index in [1.165, 1.54) is 12.3 Å². The van der Waals surface area contributed by atoms with E-state index < -0.39 is 0 Å². The van der Waals surface area contributed by atoms with E-state index >= 15 is 0 Å². The van der Waals surface area contributed by atoms with E-state index in [0.717, 1.165) is 35.2 Å². The number of ether oxygens (including phenoxy) is 1. The molecule has 0 unspecified atom stereocenters. The number of pyridine rings is 2. The number of hydrogen-bond donors (Lipinski definition) is 1. The van der Waals surface area contributed by atoms with Crippen LogP contribution in [0.15, 0.2) is 30.6 Å². The molecule has 27 heavy (non-hydrogen) atoms. The van der Waals surface area contributed by atoms with E-state index in [0.29, 0.717) is 22.9 Å². The first-order valence-electron chi connectivity index (χ1n) is 8.80. The monoisotopic (exact) mass is 364 g/mol. The van der Waals surface area contributed by atoms with Crippen molar-refractivity contribution in [2.24, 2.45) is 0 Å². The van der Waals surface area contributed by atoms with Crippen molar-refractivity contribution >= 4 is 11.0 Å². The Morgan fingerprint density at radius 2 is 2.19 bits per heavy atom. The molecule has 1 atom stereocenters. The third-order valence-corrected chi connectivity index (χ3v) is 4.76. The first-order valence-corrected chi connectivity index (χ1v) is 8.80. The molecule has 0 spiro atoms. The summed E-state index contributed by atoms with van der Waals surface area (Å²) in [7, 11) is 0. The number of hydrogen-bond acceptors (Lipinski definition) is 5. The Balaban J connectivity index is 1.83. The summed E-state index contributed by atoms with van der Waals surface area (Å²) in [6, 6.07) is 5.02. The molecule has 5 rings (SSSR count). The first kappa shape index (κ1) is 15.9. The summed E-state index contributed by atoms with van der Waals surface area (Å²) >= 11 is 0. The number of nitrogens with zero attached hydrogens (tertiary/aromatic N) is 5. The summed E-state index contributed by atoms with van der Waals surface area (Å²) < 4.78 is 21.4. The molecule has 0 bridgehead atoms. The minimum atomic E-state index is -0.383. The van der Waals surface area contributed by atoms with Crippen LogP contribution in [0.1, 0.15) is 19.0 Å². The average Bonchev–Trinajstić information content (AvgIpc) is 3.25. The number of halogens is 1. The van der Waals surface area contributed by atoms with Crippen molar-refractivity contribution in [2.75, 3.05) is 0 Å². The summed E-state index contributed by atoms with van der Waals surface area (Å²) in [5.74, 6) is 0.314. The van der Waals surface area contributed by atoms with Crippen LogP contribution in [-0.2, 0) is 6.54 Å². The molecule has 136 valence electrons. The number of aromatic amines is 1. The lowest BCUT2D eigenvalue weighted by atomic mass is 10.0. The van der Waals surface area contributed by atoms with Crippen LogP contribution >= 0.6 is 0 Å². The molecule has 8 heteroatoms. The van der Waals surface area contributed by atoms with Crippen molar-refractivity contribution in [3.63, 3.8) is 0 Å². The maximum Gasteiger partial charge on any atom is 0.220 e. The standard InChI is InChI=1S/C19H17FN6O/c1-10-7-13(14-9-22-24-18(14)23-10)16-17(15-4-3-12(20)8-21-15)25-26-6-5-11(2)27-19(16)26/h3-4,7-9,11H,5-6H2,1-2H3,(H,22,23,24)/t11-/m1/s1. The molecule has 5 heterocycles. The third-order valence-electron chi connectivity index (χ3n) is 4.76. The Morgan fingerprint density at radius 3 is 3.00 bits per heavy atom. The van der Waals surface area contributed by atoms with Gasteiger partial charge in [-0.25, -0.2) is 14.1 Å². The van der Waals surface area contributed by atoms with Crippen LogP contribution in [-0.4, -0.2) is 36.0 Å². The van der Waals surface area contributed by atoms with Crippen LogP contribution in [0.4, 0.5) is 4.39 Å². The fraction of sp³-hybridized carbons (Fsp3) is 0.263. The van der Waals surface area contributed by atoms with Crippen molar-refractivity contribution in [1.29, 1.82) is 0 Å². The highest BCUT2D eigenvalue weighted by Gasteiger charge is 2.29. The topological polar surface area (TPSA) is 81.5 Å². The molecule has 4 aromatic heterocycles. The quantitative estimate of drug-likeness (QED) is 0.589. The maximum atomic E-state index is 13.4. The van der Waals surface area contributed by atoms with Gasteiger partial charge in [0.2, 0.25) is 5.88 Å². The minimum Gasteiger partial charge on any atom is -0.474 e. The lowest BCUT2D eigenvalue weighted by Crippen LogP contribution is -2.23. The Bertz CT molecular complexity index is 1150. The van der Waals surface area contributed by atoms with Gasteiger partial charge in [-0.3, -0.25) is 10.1 Å². The zero-order valence-corrected chi connectivity index (χ0v) is 14.9. The van der Waals surface area contributed by atoms with Crippen molar-refractivity contribution in [2.45, 2.75) is 32.9 Å². The predicted octanol–water partition coefficient (Wildman–Crippen LogP) is 3.50. The highest BCUT2D eigenvalue weighted by molar-refractivity contribution is 5.98. The lowest BCUT2D eigenvalue weighted by molar-refractivity contribution is 0.150. The zero-order chi connectivity index (χ0) is 18.5. The van der Waals surface area contributed by atoms with E-state index in [2.05, 4.69) is 20.2 Å². The summed E-state index contributed by atoms with van der Waals surface area (Å²) in [4.78, 5) is 8.74. The van der Waals surface area contributed by atoms with Crippen LogP contribution in [0, 0.1) is 12.7 Å². The molecule has 1 N–H and O–H groups in total. The van der Waals surface area contributed by atoms with Gasteiger partial charge in [-0.05, 0) is 32.0 Å². The molecule has 7 nitrogen and oxygen atoms in total. The fourth-order valence-corrected chi connectivity index (χ4v) is 3.47. The predicted molar refractivity (Wildman–Crippen MR) is 97.7 cm³/mol. The van der Waals surface area contributed by atoms with E-state index in [4.69, 9.17) is 9.84 Å². The second-order valence-corrected chi connectivity index (χ2v) is 6.77. The number of aromatic nitrogens is 6. The molecule has 0 amide bonds. The van der Waals surface area contributed by atoms with E-state index in [1.54, 1.807) is 12.3 Å². The Kier molecular flexibility index (Phi) is 3.46. The summed E-state index contributed by atoms with van der Waals surface area (Å²) in [6.07, 6.45) is 3.91. The average molecular weight is 364 g/mol. The van der Waals surface area contributed by atoms with Gasteiger partial charge in [0.25, 0.3) is 0 Å². The molecule has 0 saturated carbocycles. The van der Waals surface area contributed by atoms with Gasteiger partial charge < -0.3 is 4.74 Å². The normalized spacial score (nSPS) is 16.3. The van der Waals surface area contributed by atoms with Crippen LogP contribution in [0.3, 0.4) is 0 Å². The van der Waals surface area contributed by atoms with Crippen molar-refractivity contribution in [3.05, 3.63) is 42.1 Å². The highest BCUT2D eigenvalue weighted by Crippen LogP contribution is 2.43. The Hall–Kier alpha value is -3.29. The van der Waals surface area contributed by atoms with Gasteiger partial charge in [0.05, 0.1) is 29.8 Å². The first-order chi connectivity index (χ1) is 13.1. The zero-order valence-electron chi connectivity index (χ0n) is 14.9. The van der Waals surface area contributed by atoms with Gasteiger partial charge in [0.1, 0.15) is 11.5 Å². The summed E-state index contributed by atoms with van der Waals surface area (Å²) in [5, 5.41) is 12.7. The van der Waals surface area contributed by atoms with Gasteiger partial charge >= 0.3 is 0 Å². The molecular formula is C19H17FN6O. The molecule has 0 saturated heterocycles. The van der Waals surface area contributed by atoms with Gasteiger partial charge in [-0.15, -0.1) is 0 Å².